The van der Waals surface area contributed by atoms with E-state index in [0.717, 1.165) is 32.4 Å². The molecule has 0 aromatic carbocycles. The van der Waals surface area contributed by atoms with Crippen molar-refractivity contribution < 1.29 is 9.53 Å². The minimum atomic E-state index is -0.170. The predicted octanol–water partition coefficient (Wildman–Crippen LogP) is 2.88. The molecule has 1 atom stereocenters. The van der Waals surface area contributed by atoms with Crippen LogP contribution in [0.25, 0.3) is 0 Å². The highest BCUT2D eigenvalue weighted by atomic mass is 16.5. The van der Waals surface area contributed by atoms with E-state index in [1.807, 2.05) is 0 Å². The molecule has 0 N–H and O–H groups in total. The van der Waals surface area contributed by atoms with E-state index in [9.17, 15) is 4.79 Å². The molecule has 0 aromatic heterocycles. The second-order valence-corrected chi connectivity index (χ2v) is 5.46. The molecule has 1 saturated carbocycles. The van der Waals surface area contributed by atoms with Crippen molar-refractivity contribution in [3.05, 3.63) is 0 Å². The maximum absolute atomic E-state index is 12.8. The van der Waals surface area contributed by atoms with Crippen molar-refractivity contribution in [3.63, 3.8) is 0 Å². The fraction of sp³-hybridized carbons (Fsp3) is 0.933. The van der Waals surface area contributed by atoms with E-state index in [0.29, 0.717) is 12.4 Å². The van der Waals surface area contributed by atoms with Crippen molar-refractivity contribution >= 4 is 5.78 Å². The molecule has 1 rings (SSSR count). The highest BCUT2D eigenvalue weighted by Gasteiger charge is 2.45. The van der Waals surface area contributed by atoms with Crippen LogP contribution in [-0.2, 0) is 9.53 Å². The molecule has 0 aliphatic heterocycles. The van der Waals surface area contributed by atoms with Crippen LogP contribution in [-0.4, -0.2) is 43.0 Å². The molecule has 3 nitrogen and oxygen atoms in total. The van der Waals surface area contributed by atoms with Crippen LogP contribution in [0.15, 0.2) is 0 Å². The molecule has 0 amide bonds. The van der Waals surface area contributed by atoms with E-state index in [2.05, 4.69) is 25.7 Å². The summed E-state index contributed by atoms with van der Waals surface area (Å²) in [6.45, 7) is 9.01. The number of nitrogens with zero attached hydrogens (tertiary/aromatic N) is 1. The molecule has 0 saturated heterocycles. The van der Waals surface area contributed by atoms with Crippen molar-refractivity contribution in [1.82, 2.24) is 4.90 Å². The lowest BCUT2D eigenvalue weighted by atomic mass is 9.82. The Morgan fingerprint density at radius 3 is 2.28 bits per heavy atom. The standard InChI is InChI=1S/C15H29NO2/c1-5-16(6-2)15(10-7-8-11-15)14(17)13(3)9-12-18-4/h13H,5-12H2,1-4H3. The Morgan fingerprint density at radius 2 is 1.83 bits per heavy atom. The van der Waals surface area contributed by atoms with Gasteiger partial charge >= 0.3 is 0 Å². The Bertz CT molecular complexity index is 255. The number of carbonyl (C=O) groups is 1. The molecule has 0 radical (unpaired) electrons. The number of likely N-dealkylation sites (N-methyl/N-ethyl adjacent to an activating group) is 1. The monoisotopic (exact) mass is 255 g/mol. The van der Waals surface area contributed by atoms with Crippen LogP contribution in [0.3, 0.4) is 0 Å². The van der Waals surface area contributed by atoms with Crippen molar-refractivity contribution in [2.24, 2.45) is 5.92 Å². The average Bonchev–Trinajstić information content (AvgIpc) is 2.87. The fourth-order valence-corrected chi connectivity index (χ4v) is 3.39. The Hall–Kier alpha value is -0.410. The zero-order valence-corrected chi connectivity index (χ0v) is 12.5. The lowest BCUT2D eigenvalue weighted by molar-refractivity contribution is -0.135. The van der Waals surface area contributed by atoms with Gasteiger partial charge in [-0.3, -0.25) is 9.69 Å². The van der Waals surface area contributed by atoms with Gasteiger partial charge in [-0.15, -0.1) is 0 Å². The maximum atomic E-state index is 12.8. The summed E-state index contributed by atoms with van der Waals surface area (Å²) in [6, 6.07) is 0. The first-order valence-corrected chi connectivity index (χ1v) is 7.40. The molecule has 106 valence electrons. The highest BCUT2D eigenvalue weighted by molar-refractivity contribution is 5.90. The molecule has 1 aliphatic rings. The Morgan fingerprint density at radius 1 is 1.28 bits per heavy atom. The largest absolute Gasteiger partial charge is 0.385 e. The normalized spacial score (nSPS) is 20.3. The van der Waals surface area contributed by atoms with E-state index < -0.39 is 0 Å². The Labute approximate surface area is 112 Å². The summed E-state index contributed by atoms with van der Waals surface area (Å²) in [5.74, 6) is 0.560. The summed E-state index contributed by atoms with van der Waals surface area (Å²) in [4.78, 5) is 15.2. The van der Waals surface area contributed by atoms with Crippen LogP contribution in [0.1, 0.15) is 52.9 Å². The smallest absolute Gasteiger partial charge is 0.155 e. The first kappa shape index (κ1) is 15.6. The third kappa shape index (κ3) is 3.12. The van der Waals surface area contributed by atoms with Crippen molar-refractivity contribution in [3.8, 4) is 0 Å². The minimum Gasteiger partial charge on any atom is -0.385 e. The molecule has 18 heavy (non-hydrogen) atoms. The van der Waals surface area contributed by atoms with Gasteiger partial charge in [-0.25, -0.2) is 0 Å². The topological polar surface area (TPSA) is 29.5 Å². The van der Waals surface area contributed by atoms with E-state index in [1.165, 1.54) is 12.8 Å². The van der Waals surface area contributed by atoms with Gasteiger partial charge in [0.2, 0.25) is 0 Å². The lowest BCUT2D eigenvalue weighted by Gasteiger charge is -2.40. The summed E-state index contributed by atoms with van der Waals surface area (Å²) in [7, 11) is 1.70. The van der Waals surface area contributed by atoms with Gasteiger partial charge in [0.05, 0.1) is 5.54 Å². The summed E-state index contributed by atoms with van der Waals surface area (Å²) >= 11 is 0. The van der Waals surface area contributed by atoms with E-state index >= 15 is 0 Å². The van der Waals surface area contributed by atoms with Crippen molar-refractivity contribution in [2.75, 3.05) is 26.8 Å². The van der Waals surface area contributed by atoms with Gasteiger partial charge in [0.15, 0.2) is 5.78 Å². The van der Waals surface area contributed by atoms with Crippen LogP contribution in [0.4, 0.5) is 0 Å². The molecule has 0 aromatic rings. The SMILES string of the molecule is CCN(CC)C1(C(=O)C(C)CCOC)CCCC1. The van der Waals surface area contributed by atoms with Crippen molar-refractivity contribution in [2.45, 2.75) is 58.4 Å². The number of rotatable bonds is 8. The number of ether oxygens (including phenoxy) is 1. The Kier molecular flexibility index (Phi) is 6.30. The van der Waals surface area contributed by atoms with Crippen LogP contribution < -0.4 is 0 Å². The highest BCUT2D eigenvalue weighted by Crippen LogP contribution is 2.38. The van der Waals surface area contributed by atoms with E-state index in [4.69, 9.17) is 4.74 Å². The minimum absolute atomic E-state index is 0.114. The molecule has 0 spiro atoms. The van der Waals surface area contributed by atoms with Gasteiger partial charge in [0.1, 0.15) is 0 Å². The summed E-state index contributed by atoms with van der Waals surface area (Å²) in [5.41, 5.74) is -0.170. The summed E-state index contributed by atoms with van der Waals surface area (Å²) in [6.07, 6.45) is 5.33. The zero-order chi connectivity index (χ0) is 13.6. The second-order valence-electron chi connectivity index (χ2n) is 5.46. The number of hydrogen-bond donors (Lipinski definition) is 0. The van der Waals surface area contributed by atoms with E-state index in [1.54, 1.807) is 7.11 Å². The van der Waals surface area contributed by atoms with Crippen LogP contribution in [0.2, 0.25) is 0 Å². The zero-order valence-electron chi connectivity index (χ0n) is 12.5. The number of ketones is 1. The van der Waals surface area contributed by atoms with Gasteiger partial charge in [0, 0.05) is 19.6 Å². The summed E-state index contributed by atoms with van der Waals surface area (Å²) < 4.78 is 5.11. The van der Waals surface area contributed by atoms with E-state index in [-0.39, 0.29) is 11.5 Å². The lowest BCUT2D eigenvalue weighted by Crippen LogP contribution is -2.54. The number of Topliss-reactive ketones (excluding diaryl/α,β-unsaturated/α-hetero) is 1. The molecule has 1 aliphatic carbocycles. The predicted molar refractivity (Wildman–Crippen MR) is 74.8 cm³/mol. The fourth-order valence-electron chi connectivity index (χ4n) is 3.39. The quantitative estimate of drug-likeness (QED) is 0.668. The summed E-state index contributed by atoms with van der Waals surface area (Å²) in [5, 5.41) is 0. The molecule has 0 bridgehead atoms. The van der Waals surface area contributed by atoms with Gasteiger partial charge in [-0.05, 0) is 32.4 Å². The third-order valence-corrected chi connectivity index (χ3v) is 4.46. The number of carbonyl (C=O) groups excluding carboxylic acids is 1. The number of methoxy groups -OCH3 is 1. The molecular weight excluding hydrogens is 226 g/mol. The molecule has 0 heterocycles. The van der Waals surface area contributed by atoms with Crippen LogP contribution in [0.5, 0.6) is 0 Å². The second kappa shape index (κ2) is 7.25. The third-order valence-electron chi connectivity index (χ3n) is 4.46. The maximum Gasteiger partial charge on any atom is 0.155 e. The van der Waals surface area contributed by atoms with Crippen molar-refractivity contribution in [1.29, 1.82) is 0 Å². The van der Waals surface area contributed by atoms with Gasteiger partial charge < -0.3 is 4.74 Å². The molecular formula is C15H29NO2. The molecule has 3 heteroatoms. The van der Waals surface area contributed by atoms with Crippen LogP contribution in [0, 0.1) is 5.92 Å². The first-order chi connectivity index (χ1) is 8.62. The first-order valence-electron chi connectivity index (χ1n) is 7.40. The van der Waals surface area contributed by atoms with Crippen LogP contribution >= 0.6 is 0 Å². The molecule has 1 fully saturated rings. The van der Waals surface area contributed by atoms with Gasteiger partial charge in [-0.1, -0.05) is 33.6 Å². The number of hydrogen-bond acceptors (Lipinski definition) is 3. The van der Waals surface area contributed by atoms with Gasteiger partial charge in [-0.2, -0.15) is 0 Å². The van der Waals surface area contributed by atoms with Gasteiger partial charge in [0.25, 0.3) is 0 Å². The Balaban J connectivity index is 2.80. The average molecular weight is 255 g/mol. The molecule has 1 unspecified atom stereocenters.